The largest absolute Gasteiger partial charge is 0.378 e. The third-order valence-corrected chi connectivity index (χ3v) is 5.47. The molecule has 0 saturated carbocycles. The van der Waals surface area contributed by atoms with Crippen molar-refractivity contribution >= 4 is 45.7 Å². The minimum atomic E-state index is -2.76. The summed E-state index contributed by atoms with van der Waals surface area (Å²) in [6.45, 7) is -0.186. The number of rotatable bonds is 8. The van der Waals surface area contributed by atoms with Crippen LogP contribution in [0.4, 0.5) is 14.5 Å². The number of hydrogen-bond acceptors (Lipinski definition) is 4. The molecule has 0 aliphatic rings. The molecule has 0 bridgehead atoms. The van der Waals surface area contributed by atoms with Gasteiger partial charge in [-0.2, -0.15) is 13.9 Å². The summed E-state index contributed by atoms with van der Waals surface area (Å²) < 4.78 is 30.1. The second-order valence-electron chi connectivity index (χ2n) is 5.70. The molecule has 3 aromatic heterocycles. The smallest absolute Gasteiger partial charge is 0.345 e. The lowest BCUT2D eigenvalue weighted by Crippen LogP contribution is -2.02. The van der Waals surface area contributed by atoms with Crippen LogP contribution in [0.5, 0.6) is 0 Å². The van der Waals surface area contributed by atoms with Crippen molar-refractivity contribution in [3.63, 3.8) is 0 Å². The predicted molar refractivity (Wildman–Crippen MR) is 102 cm³/mol. The summed E-state index contributed by atoms with van der Waals surface area (Å²) in [7, 11) is 0. The highest BCUT2D eigenvalue weighted by Gasteiger charge is 2.18. The van der Waals surface area contributed by atoms with E-state index in [1.807, 2.05) is 24.4 Å². The van der Waals surface area contributed by atoms with Crippen LogP contribution in [0.1, 0.15) is 22.4 Å². The zero-order chi connectivity index (χ0) is 18.7. The molecule has 0 radical (unpaired) electrons. The highest BCUT2D eigenvalue weighted by molar-refractivity contribution is 7.09. The number of aryl methyl sites for hydroxylation is 1. The second kappa shape index (κ2) is 8.52. The minimum absolute atomic E-state index is 0.0305. The van der Waals surface area contributed by atoms with Gasteiger partial charge in [-0.1, -0.05) is 29.3 Å². The number of nitrogens with zero attached hydrogens (tertiary/aromatic N) is 2. The molecular weight excluding hydrogens is 403 g/mol. The van der Waals surface area contributed by atoms with Crippen molar-refractivity contribution in [1.29, 1.82) is 0 Å². The second-order valence-corrected chi connectivity index (χ2v) is 7.48. The number of hydrogen-bond donors (Lipinski definition) is 1. The fraction of sp³-hybridized carbons (Fsp3) is 0.353. The van der Waals surface area contributed by atoms with E-state index in [2.05, 4.69) is 15.2 Å². The van der Waals surface area contributed by atoms with Crippen LogP contribution >= 0.6 is 34.5 Å². The lowest BCUT2D eigenvalue weighted by Gasteiger charge is -2.09. The molecule has 0 amide bonds. The molecule has 3 heterocycles. The van der Waals surface area contributed by atoms with Crippen molar-refractivity contribution in [2.24, 2.45) is 0 Å². The molecule has 1 N–H and O–H groups in total. The maximum Gasteiger partial charge on any atom is 0.345 e. The van der Waals surface area contributed by atoms with Crippen LogP contribution < -0.4 is 5.32 Å². The molecular formula is C17H17Cl2F2N3OS. The standard InChI is InChI=1S/C17H17Cl2F2N3OS/c1-10-12(5-2-6-25-17(20)21)16(19)24-15(10)13(8-14(18)23-24)22-9-11-4-3-7-26-11/h3-4,7-8,17,22H,2,5-6,9H2,1H3. The molecule has 0 unspecified atom stereocenters. The molecule has 0 spiro atoms. The Labute approximate surface area is 163 Å². The van der Waals surface area contributed by atoms with Crippen LogP contribution in [-0.4, -0.2) is 22.8 Å². The first kappa shape index (κ1) is 19.4. The van der Waals surface area contributed by atoms with Gasteiger partial charge in [-0.3, -0.25) is 0 Å². The Kier molecular flexibility index (Phi) is 6.34. The van der Waals surface area contributed by atoms with Gasteiger partial charge in [0, 0.05) is 17.5 Å². The van der Waals surface area contributed by atoms with E-state index in [1.54, 1.807) is 21.9 Å². The number of nitrogens with one attached hydrogen (secondary N) is 1. The number of anilines is 1. The van der Waals surface area contributed by atoms with E-state index in [1.165, 1.54) is 4.88 Å². The lowest BCUT2D eigenvalue weighted by atomic mass is 10.1. The monoisotopic (exact) mass is 419 g/mol. The third kappa shape index (κ3) is 4.28. The van der Waals surface area contributed by atoms with E-state index in [0.29, 0.717) is 29.7 Å². The number of ether oxygens (including phenoxy) is 1. The molecule has 3 rings (SSSR count). The highest BCUT2D eigenvalue weighted by Crippen LogP contribution is 2.33. The van der Waals surface area contributed by atoms with E-state index in [0.717, 1.165) is 22.3 Å². The summed E-state index contributed by atoms with van der Waals surface area (Å²) in [5, 5.41) is 10.4. The van der Waals surface area contributed by atoms with Gasteiger partial charge in [0.1, 0.15) is 5.15 Å². The SMILES string of the molecule is Cc1c(CCCOC(F)F)c(Cl)n2nc(Cl)cc(NCc3cccs3)c12. The lowest BCUT2D eigenvalue weighted by molar-refractivity contribution is -0.129. The van der Waals surface area contributed by atoms with E-state index >= 15 is 0 Å². The Morgan fingerprint density at radius 3 is 2.88 bits per heavy atom. The number of fused-ring (bicyclic) bond motifs is 1. The topological polar surface area (TPSA) is 38.6 Å². The molecule has 0 fully saturated rings. The van der Waals surface area contributed by atoms with Gasteiger partial charge >= 0.3 is 6.61 Å². The first-order valence-electron chi connectivity index (χ1n) is 7.99. The van der Waals surface area contributed by atoms with Gasteiger partial charge in [-0.05, 0) is 42.3 Å². The Morgan fingerprint density at radius 2 is 2.19 bits per heavy atom. The third-order valence-electron chi connectivity index (χ3n) is 4.02. The number of halogens is 4. The average molecular weight is 420 g/mol. The Morgan fingerprint density at radius 1 is 1.38 bits per heavy atom. The van der Waals surface area contributed by atoms with Crippen LogP contribution in [0, 0.1) is 6.92 Å². The van der Waals surface area contributed by atoms with Gasteiger partial charge in [0.25, 0.3) is 0 Å². The Balaban J connectivity index is 1.87. The summed E-state index contributed by atoms with van der Waals surface area (Å²) in [6.07, 6.45) is 0.955. The van der Waals surface area contributed by atoms with E-state index in [4.69, 9.17) is 23.2 Å². The van der Waals surface area contributed by atoms with E-state index in [-0.39, 0.29) is 6.61 Å². The van der Waals surface area contributed by atoms with E-state index in [9.17, 15) is 8.78 Å². The number of aromatic nitrogens is 2. The molecule has 0 aliphatic carbocycles. The zero-order valence-corrected chi connectivity index (χ0v) is 16.3. The van der Waals surface area contributed by atoms with Crippen molar-refractivity contribution in [3.8, 4) is 0 Å². The van der Waals surface area contributed by atoms with Crippen LogP contribution in [0.2, 0.25) is 10.3 Å². The van der Waals surface area contributed by atoms with Gasteiger partial charge in [-0.25, -0.2) is 4.52 Å². The summed E-state index contributed by atoms with van der Waals surface area (Å²) in [5.74, 6) is 0. The minimum Gasteiger partial charge on any atom is -0.378 e. The van der Waals surface area contributed by atoms with Gasteiger partial charge in [0.2, 0.25) is 0 Å². The van der Waals surface area contributed by atoms with Crippen molar-refractivity contribution in [3.05, 3.63) is 49.9 Å². The first-order chi connectivity index (χ1) is 12.5. The summed E-state index contributed by atoms with van der Waals surface area (Å²) >= 11 is 14.3. The zero-order valence-electron chi connectivity index (χ0n) is 13.9. The van der Waals surface area contributed by atoms with Gasteiger partial charge < -0.3 is 10.1 Å². The van der Waals surface area contributed by atoms with Crippen molar-refractivity contribution in [2.75, 3.05) is 11.9 Å². The maximum absolute atomic E-state index is 12.1. The van der Waals surface area contributed by atoms with Crippen LogP contribution in [0.3, 0.4) is 0 Å². The maximum atomic E-state index is 12.1. The van der Waals surface area contributed by atoms with Crippen molar-refractivity contribution in [2.45, 2.75) is 32.9 Å². The van der Waals surface area contributed by atoms with Crippen molar-refractivity contribution in [1.82, 2.24) is 9.61 Å². The fourth-order valence-corrected chi connectivity index (χ4v) is 4.03. The normalized spacial score (nSPS) is 11.6. The number of thiophene rings is 1. The van der Waals surface area contributed by atoms with Gasteiger partial charge in [0.15, 0.2) is 5.15 Å². The Bertz CT molecular complexity index is 884. The molecule has 0 aliphatic heterocycles. The quantitative estimate of drug-likeness (QED) is 0.469. The average Bonchev–Trinajstić information content (AvgIpc) is 3.18. The summed E-state index contributed by atoms with van der Waals surface area (Å²) in [4.78, 5) is 1.19. The fourth-order valence-electron chi connectivity index (χ4n) is 2.85. The molecule has 0 aromatic carbocycles. The molecule has 26 heavy (non-hydrogen) atoms. The Hall–Kier alpha value is -1.41. The predicted octanol–water partition coefficient (Wildman–Crippen LogP) is 5.79. The first-order valence-corrected chi connectivity index (χ1v) is 9.63. The van der Waals surface area contributed by atoms with Crippen LogP contribution in [-0.2, 0) is 17.7 Å². The molecule has 3 aromatic rings. The molecule has 140 valence electrons. The summed E-state index contributed by atoms with van der Waals surface area (Å²) in [5.41, 5.74) is 3.47. The molecule has 9 heteroatoms. The van der Waals surface area contributed by atoms with Gasteiger partial charge in [0.05, 0.1) is 17.8 Å². The summed E-state index contributed by atoms with van der Waals surface area (Å²) in [6, 6.07) is 5.80. The molecule has 4 nitrogen and oxygen atoms in total. The molecule has 0 saturated heterocycles. The van der Waals surface area contributed by atoms with Crippen LogP contribution in [0.25, 0.3) is 5.52 Å². The van der Waals surface area contributed by atoms with Crippen molar-refractivity contribution < 1.29 is 13.5 Å². The number of alkyl halides is 2. The van der Waals surface area contributed by atoms with E-state index < -0.39 is 6.61 Å². The molecule has 0 atom stereocenters. The van der Waals surface area contributed by atoms with Crippen LogP contribution in [0.15, 0.2) is 23.6 Å². The van der Waals surface area contributed by atoms with Gasteiger partial charge in [-0.15, -0.1) is 11.3 Å². The highest BCUT2D eigenvalue weighted by atomic mass is 35.5.